The van der Waals surface area contributed by atoms with E-state index in [1.807, 2.05) is 24.4 Å². The molecule has 5 heteroatoms. The van der Waals surface area contributed by atoms with Crippen LogP contribution < -0.4 is 5.32 Å². The number of aliphatic hydroxyl groups excluding tert-OH is 1. The highest BCUT2D eigenvalue weighted by Crippen LogP contribution is 2.22. The van der Waals surface area contributed by atoms with Crippen LogP contribution in [0.5, 0.6) is 0 Å². The zero-order valence-corrected chi connectivity index (χ0v) is 10.8. The Morgan fingerprint density at radius 3 is 2.89 bits per heavy atom. The second kappa shape index (κ2) is 5.84. The van der Waals surface area contributed by atoms with Crippen molar-refractivity contribution in [3.8, 4) is 0 Å². The lowest BCUT2D eigenvalue weighted by Gasteiger charge is -2.16. The van der Waals surface area contributed by atoms with Gasteiger partial charge in [-0.15, -0.1) is 11.3 Å². The molecule has 0 bridgehead atoms. The Hall–Kier alpha value is -1.59. The zero-order chi connectivity index (χ0) is 13.0. The highest BCUT2D eigenvalue weighted by atomic mass is 32.1. The fourth-order valence-electron chi connectivity index (χ4n) is 1.66. The van der Waals surface area contributed by atoms with E-state index >= 15 is 0 Å². The quantitative estimate of drug-likeness (QED) is 0.872. The first kappa shape index (κ1) is 12.9. The molecule has 0 saturated carbocycles. The molecule has 96 valence electrons. The molecular formula is C13H15NO3S. The summed E-state index contributed by atoms with van der Waals surface area (Å²) in [5.74, 6) is 0.214. The van der Waals surface area contributed by atoms with Crippen LogP contribution in [0.4, 0.5) is 0 Å². The van der Waals surface area contributed by atoms with Gasteiger partial charge in [-0.05, 0) is 30.5 Å². The van der Waals surface area contributed by atoms with Crippen molar-refractivity contribution in [1.29, 1.82) is 0 Å². The van der Waals surface area contributed by atoms with E-state index in [1.165, 1.54) is 6.26 Å². The Balaban J connectivity index is 2.02. The molecule has 0 saturated heterocycles. The van der Waals surface area contributed by atoms with Crippen molar-refractivity contribution in [3.63, 3.8) is 0 Å². The molecule has 18 heavy (non-hydrogen) atoms. The van der Waals surface area contributed by atoms with Gasteiger partial charge in [0.25, 0.3) is 0 Å². The van der Waals surface area contributed by atoms with Crippen LogP contribution in [0.2, 0.25) is 0 Å². The Morgan fingerprint density at radius 2 is 2.33 bits per heavy atom. The molecule has 2 rings (SSSR count). The number of carbonyl (C=O) groups is 1. The maximum Gasteiger partial charge on any atom is 0.228 e. The monoisotopic (exact) mass is 265 g/mol. The third kappa shape index (κ3) is 2.80. The Labute approximate surface area is 109 Å². The minimum absolute atomic E-state index is 0.118. The fourth-order valence-corrected chi connectivity index (χ4v) is 2.44. The summed E-state index contributed by atoms with van der Waals surface area (Å²) in [5, 5.41) is 14.0. The van der Waals surface area contributed by atoms with Gasteiger partial charge in [0.05, 0.1) is 18.8 Å². The van der Waals surface area contributed by atoms with Crippen LogP contribution in [0.15, 0.2) is 40.3 Å². The molecule has 2 atom stereocenters. The maximum absolute atomic E-state index is 12.0. The molecule has 2 N–H and O–H groups in total. The minimum Gasteiger partial charge on any atom is -0.467 e. The van der Waals surface area contributed by atoms with E-state index in [9.17, 15) is 9.90 Å². The molecule has 0 aliphatic carbocycles. The summed E-state index contributed by atoms with van der Waals surface area (Å²) in [7, 11) is 0. The summed E-state index contributed by atoms with van der Waals surface area (Å²) in [6.45, 7) is 1.66. The molecule has 1 amide bonds. The molecule has 0 radical (unpaired) electrons. The normalized spacial score (nSPS) is 14.1. The van der Waals surface area contributed by atoms with Crippen molar-refractivity contribution in [3.05, 3.63) is 46.5 Å². The fraction of sp³-hybridized carbons (Fsp3) is 0.308. The van der Waals surface area contributed by atoms with Crippen LogP contribution in [0.25, 0.3) is 0 Å². The zero-order valence-electron chi connectivity index (χ0n) is 10.00. The summed E-state index contributed by atoms with van der Waals surface area (Å²) >= 11 is 1.54. The van der Waals surface area contributed by atoms with Crippen molar-refractivity contribution in [2.75, 3.05) is 6.61 Å². The van der Waals surface area contributed by atoms with Gasteiger partial charge in [0.2, 0.25) is 5.91 Å². The Bertz CT molecular complexity index is 478. The summed E-state index contributed by atoms with van der Waals surface area (Å²) in [5.41, 5.74) is 0. The average Bonchev–Trinajstić information content (AvgIpc) is 3.06. The standard InChI is InChI=1S/C13H15NO3S/c1-9(12-5-3-7-18-12)13(16)14-10(8-15)11-4-2-6-17-11/h2-7,9-10,15H,8H2,1H3,(H,14,16). The molecular weight excluding hydrogens is 250 g/mol. The van der Waals surface area contributed by atoms with E-state index in [2.05, 4.69) is 5.32 Å². The van der Waals surface area contributed by atoms with E-state index < -0.39 is 6.04 Å². The van der Waals surface area contributed by atoms with Crippen LogP contribution in [0, 0.1) is 0 Å². The van der Waals surface area contributed by atoms with Gasteiger partial charge in [0.1, 0.15) is 11.8 Å². The molecule has 4 nitrogen and oxygen atoms in total. The lowest BCUT2D eigenvalue weighted by Crippen LogP contribution is -2.33. The second-order valence-corrected chi connectivity index (χ2v) is 4.98. The number of aliphatic hydroxyl groups is 1. The van der Waals surface area contributed by atoms with Crippen LogP contribution >= 0.6 is 11.3 Å². The highest BCUT2D eigenvalue weighted by Gasteiger charge is 2.21. The molecule has 0 spiro atoms. The molecule has 2 aromatic heterocycles. The van der Waals surface area contributed by atoms with Gasteiger partial charge in [0, 0.05) is 4.88 Å². The van der Waals surface area contributed by atoms with Gasteiger partial charge in [-0.1, -0.05) is 6.07 Å². The van der Waals surface area contributed by atoms with Gasteiger partial charge in [-0.25, -0.2) is 0 Å². The smallest absolute Gasteiger partial charge is 0.228 e. The summed E-state index contributed by atoms with van der Waals surface area (Å²) in [4.78, 5) is 13.1. The van der Waals surface area contributed by atoms with Crippen LogP contribution in [-0.4, -0.2) is 17.6 Å². The number of hydrogen-bond acceptors (Lipinski definition) is 4. The van der Waals surface area contributed by atoms with Gasteiger partial charge < -0.3 is 14.8 Å². The first-order valence-corrected chi connectivity index (χ1v) is 6.58. The number of furan rings is 1. The number of nitrogens with one attached hydrogen (secondary N) is 1. The Morgan fingerprint density at radius 1 is 1.50 bits per heavy atom. The van der Waals surface area contributed by atoms with Crippen LogP contribution in [0.1, 0.15) is 29.5 Å². The average molecular weight is 265 g/mol. The van der Waals surface area contributed by atoms with Gasteiger partial charge in [0.15, 0.2) is 0 Å². The van der Waals surface area contributed by atoms with Gasteiger partial charge >= 0.3 is 0 Å². The first-order valence-electron chi connectivity index (χ1n) is 5.70. The number of hydrogen-bond donors (Lipinski definition) is 2. The molecule has 0 aliphatic heterocycles. The lowest BCUT2D eigenvalue weighted by atomic mass is 10.1. The van der Waals surface area contributed by atoms with E-state index in [-0.39, 0.29) is 18.4 Å². The van der Waals surface area contributed by atoms with E-state index in [1.54, 1.807) is 23.5 Å². The third-order valence-corrected chi connectivity index (χ3v) is 3.80. The Kier molecular flexibility index (Phi) is 4.17. The van der Waals surface area contributed by atoms with Crippen LogP contribution in [0.3, 0.4) is 0 Å². The molecule has 0 aromatic carbocycles. The first-order chi connectivity index (χ1) is 8.72. The highest BCUT2D eigenvalue weighted by molar-refractivity contribution is 7.10. The van der Waals surface area contributed by atoms with E-state index in [0.29, 0.717) is 5.76 Å². The topological polar surface area (TPSA) is 62.5 Å². The van der Waals surface area contributed by atoms with Gasteiger partial charge in [-0.2, -0.15) is 0 Å². The molecule has 0 aliphatic rings. The van der Waals surface area contributed by atoms with Crippen LogP contribution in [-0.2, 0) is 4.79 Å². The summed E-state index contributed by atoms with van der Waals surface area (Å²) in [6, 6.07) is 6.81. The van der Waals surface area contributed by atoms with E-state index in [4.69, 9.17) is 4.42 Å². The van der Waals surface area contributed by atoms with Gasteiger partial charge in [-0.3, -0.25) is 4.79 Å². The molecule has 2 unspecified atom stereocenters. The van der Waals surface area contributed by atoms with Crippen molar-refractivity contribution in [2.24, 2.45) is 0 Å². The molecule has 0 fully saturated rings. The van der Waals surface area contributed by atoms with Crippen molar-refractivity contribution < 1.29 is 14.3 Å². The van der Waals surface area contributed by atoms with Crippen molar-refractivity contribution >= 4 is 17.2 Å². The number of carbonyl (C=O) groups excluding carboxylic acids is 1. The minimum atomic E-state index is -0.491. The largest absolute Gasteiger partial charge is 0.467 e. The predicted molar refractivity (Wildman–Crippen MR) is 69.4 cm³/mol. The lowest BCUT2D eigenvalue weighted by molar-refractivity contribution is -0.123. The number of rotatable bonds is 5. The van der Waals surface area contributed by atoms with E-state index in [0.717, 1.165) is 4.88 Å². The predicted octanol–water partition coefficient (Wildman–Crippen LogP) is 2.29. The molecule has 2 heterocycles. The SMILES string of the molecule is CC(C(=O)NC(CO)c1ccco1)c1cccs1. The second-order valence-electron chi connectivity index (χ2n) is 4.00. The number of amides is 1. The third-order valence-electron chi connectivity index (χ3n) is 2.75. The van der Waals surface area contributed by atoms with Crippen molar-refractivity contribution in [2.45, 2.75) is 18.9 Å². The number of thiophene rings is 1. The van der Waals surface area contributed by atoms with Crippen molar-refractivity contribution in [1.82, 2.24) is 5.32 Å². The summed E-state index contributed by atoms with van der Waals surface area (Å²) < 4.78 is 5.19. The molecule has 2 aromatic rings. The summed E-state index contributed by atoms with van der Waals surface area (Å²) in [6.07, 6.45) is 1.52. The maximum atomic E-state index is 12.0.